The van der Waals surface area contributed by atoms with E-state index in [2.05, 4.69) is 34.0 Å². The molecule has 0 saturated carbocycles. The second-order valence-electron chi connectivity index (χ2n) is 4.53. The maximum absolute atomic E-state index is 6.23. The van der Waals surface area contributed by atoms with Gasteiger partial charge < -0.3 is 10.2 Å². The fraction of sp³-hybridized carbons (Fsp3) is 0.500. The lowest BCUT2D eigenvalue weighted by molar-refractivity contribution is 0.425. The van der Waals surface area contributed by atoms with Crippen LogP contribution in [-0.2, 0) is 0 Å². The SMILES string of the molecule is Cc1sc2nc(NCCN(C)C)nc(Cl)c2c1C. The normalized spacial score (nSPS) is 11.4. The van der Waals surface area contributed by atoms with Crippen LogP contribution in [-0.4, -0.2) is 42.1 Å². The minimum absolute atomic E-state index is 0.536. The van der Waals surface area contributed by atoms with Gasteiger partial charge in [-0.25, -0.2) is 9.97 Å². The van der Waals surface area contributed by atoms with Gasteiger partial charge in [0.05, 0.1) is 5.39 Å². The van der Waals surface area contributed by atoms with E-state index in [1.807, 2.05) is 14.1 Å². The van der Waals surface area contributed by atoms with Crippen molar-refractivity contribution in [3.63, 3.8) is 0 Å². The third-order valence-corrected chi connectivity index (χ3v) is 4.20. The molecule has 2 aromatic heterocycles. The van der Waals surface area contributed by atoms with Crippen LogP contribution in [0.2, 0.25) is 5.15 Å². The first-order valence-electron chi connectivity index (χ1n) is 5.81. The fourth-order valence-corrected chi connectivity index (χ4v) is 3.07. The highest BCUT2D eigenvalue weighted by Crippen LogP contribution is 2.33. The number of anilines is 1. The monoisotopic (exact) mass is 284 g/mol. The highest BCUT2D eigenvalue weighted by molar-refractivity contribution is 7.18. The van der Waals surface area contributed by atoms with Gasteiger partial charge in [-0.2, -0.15) is 0 Å². The van der Waals surface area contributed by atoms with Crippen molar-refractivity contribution in [1.82, 2.24) is 14.9 Å². The zero-order chi connectivity index (χ0) is 13.3. The van der Waals surface area contributed by atoms with Crippen LogP contribution in [0, 0.1) is 13.8 Å². The third kappa shape index (κ3) is 2.74. The number of thiophene rings is 1. The van der Waals surface area contributed by atoms with Crippen LogP contribution in [0.4, 0.5) is 5.95 Å². The fourth-order valence-electron chi connectivity index (χ4n) is 1.67. The number of rotatable bonds is 4. The molecule has 98 valence electrons. The molecule has 1 N–H and O–H groups in total. The van der Waals surface area contributed by atoms with E-state index < -0.39 is 0 Å². The summed E-state index contributed by atoms with van der Waals surface area (Å²) in [5.74, 6) is 0.607. The highest BCUT2D eigenvalue weighted by atomic mass is 35.5. The smallest absolute Gasteiger partial charge is 0.225 e. The van der Waals surface area contributed by atoms with E-state index in [-0.39, 0.29) is 0 Å². The van der Waals surface area contributed by atoms with Gasteiger partial charge in [0.2, 0.25) is 5.95 Å². The molecule has 0 saturated heterocycles. The van der Waals surface area contributed by atoms with Gasteiger partial charge in [-0.05, 0) is 33.5 Å². The van der Waals surface area contributed by atoms with Crippen molar-refractivity contribution in [2.45, 2.75) is 13.8 Å². The van der Waals surface area contributed by atoms with Gasteiger partial charge in [-0.15, -0.1) is 11.3 Å². The summed E-state index contributed by atoms with van der Waals surface area (Å²) in [5, 5.41) is 4.72. The molecule has 0 aliphatic rings. The molecule has 0 atom stereocenters. The first kappa shape index (κ1) is 13.5. The molecule has 0 amide bonds. The summed E-state index contributed by atoms with van der Waals surface area (Å²) in [6, 6.07) is 0. The standard InChI is InChI=1S/C12H17ClN4S/c1-7-8(2)18-11-9(7)10(13)15-12(16-11)14-5-6-17(3)4/h5-6H2,1-4H3,(H,14,15,16). The van der Waals surface area contributed by atoms with E-state index in [1.54, 1.807) is 11.3 Å². The number of hydrogen-bond acceptors (Lipinski definition) is 5. The predicted molar refractivity (Wildman–Crippen MR) is 78.9 cm³/mol. The Morgan fingerprint density at radius 3 is 2.67 bits per heavy atom. The maximum Gasteiger partial charge on any atom is 0.225 e. The second-order valence-corrected chi connectivity index (χ2v) is 6.09. The van der Waals surface area contributed by atoms with E-state index in [9.17, 15) is 0 Å². The average molecular weight is 285 g/mol. The van der Waals surface area contributed by atoms with Crippen LogP contribution in [0.25, 0.3) is 10.2 Å². The second kappa shape index (κ2) is 5.38. The number of aromatic nitrogens is 2. The zero-order valence-electron chi connectivity index (χ0n) is 11.0. The summed E-state index contributed by atoms with van der Waals surface area (Å²) in [6.07, 6.45) is 0. The molecule has 0 spiro atoms. The van der Waals surface area contributed by atoms with Crippen LogP contribution < -0.4 is 5.32 Å². The van der Waals surface area contributed by atoms with Crippen molar-refractivity contribution in [3.05, 3.63) is 15.6 Å². The molecule has 0 bridgehead atoms. The lowest BCUT2D eigenvalue weighted by atomic mass is 10.2. The number of likely N-dealkylation sites (N-methyl/N-ethyl adjacent to an activating group) is 1. The Balaban J connectivity index is 2.26. The number of hydrogen-bond donors (Lipinski definition) is 1. The van der Waals surface area contributed by atoms with Crippen molar-refractivity contribution in [1.29, 1.82) is 0 Å². The summed E-state index contributed by atoms with van der Waals surface area (Å²) >= 11 is 7.89. The van der Waals surface area contributed by atoms with Crippen LogP contribution in [0.1, 0.15) is 10.4 Å². The van der Waals surface area contributed by atoms with E-state index in [1.165, 1.54) is 10.4 Å². The van der Waals surface area contributed by atoms with Gasteiger partial charge >= 0.3 is 0 Å². The van der Waals surface area contributed by atoms with E-state index in [4.69, 9.17) is 11.6 Å². The van der Waals surface area contributed by atoms with Gasteiger partial charge in [-0.1, -0.05) is 11.6 Å². The minimum atomic E-state index is 0.536. The van der Waals surface area contributed by atoms with Gasteiger partial charge in [0.25, 0.3) is 0 Å². The summed E-state index contributed by atoms with van der Waals surface area (Å²) in [5.41, 5.74) is 1.18. The summed E-state index contributed by atoms with van der Waals surface area (Å²) in [7, 11) is 4.06. The molecule has 0 fully saturated rings. The predicted octanol–water partition coefficient (Wildman–Crippen LogP) is 2.94. The van der Waals surface area contributed by atoms with Crippen LogP contribution in [0.15, 0.2) is 0 Å². The number of fused-ring (bicyclic) bond motifs is 1. The molecule has 4 nitrogen and oxygen atoms in total. The third-order valence-electron chi connectivity index (χ3n) is 2.83. The lowest BCUT2D eigenvalue weighted by Gasteiger charge is -2.10. The van der Waals surface area contributed by atoms with Crippen LogP contribution in [0.3, 0.4) is 0 Å². The average Bonchev–Trinajstić information content (AvgIpc) is 2.54. The van der Waals surface area contributed by atoms with Gasteiger partial charge in [0.1, 0.15) is 9.98 Å². The molecule has 2 aromatic rings. The minimum Gasteiger partial charge on any atom is -0.353 e. The molecular formula is C12H17ClN4S. The van der Waals surface area contributed by atoms with E-state index in [0.29, 0.717) is 11.1 Å². The van der Waals surface area contributed by atoms with E-state index >= 15 is 0 Å². The molecule has 0 radical (unpaired) electrons. The van der Waals surface area contributed by atoms with E-state index in [0.717, 1.165) is 23.3 Å². The number of nitrogens with zero attached hydrogens (tertiary/aromatic N) is 3. The van der Waals surface area contributed by atoms with Gasteiger partial charge in [0.15, 0.2) is 0 Å². The molecule has 2 heterocycles. The Morgan fingerprint density at radius 2 is 2.00 bits per heavy atom. The molecule has 18 heavy (non-hydrogen) atoms. The van der Waals surface area contributed by atoms with Gasteiger partial charge in [-0.3, -0.25) is 0 Å². The van der Waals surface area contributed by atoms with Crippen molar-refractivity contribution >= 4 is 39.1 Å². The molecule has 2 rings (SSSR count). The number of nitrogens with one attached hydrogen (secondary N) is 1. The van der Waals surface area contributed by atoms with Crippen LogP contribution >= 0.6 is 22.9 Å². The Hall–Kier alpha value is -0.910. The van der Waals surface area contributed by atoms with Crippen molar-refractivity contribution in [2.24, 2.45) is 0 Å². The number of aryl methyl sites for hydroxylation is 2. The Labute approximate surface area is 116 Å². The quantitative estimate of drug-likeness (QED) is 0.877. The van der Waals surface area contributed by atoms with Crippen molar-refractivity contribution in [2.75, 3.05) is 32.5 Å². The molecule has 6 heteroatoms. The summed E-state index contributed by atoms with van der Waals surface area (Å²) in [4.78, 5) is 13.1. The Bertz CT molecular complexity index is 565. The topological polar surface area (TPSA) is 41.1 Å². The molecule has 0 aromatic carbocycles. The summed E-state index contributed by atoms with van der Waals surface area (Å²) in [6.45, 7) is 5.87. The summed E-state index contributed by atoms with van der Waals surface area (Å²) < 4.78 is 0. The lowest BCUT2D eigenvalue weighted by Crippen LogP contribution is -2.21. The largest absolute Gasteiger partial charge is 0.353 e. The molecule has 0 aliphatic heterocycles. The highest BCUT2D eigenvalue weighted by Gasteiger charge is 2.12. The Kier molecular flexibility index (Phi) is 4.04. The van der Waals surface area contributed by atoms with Crippen LogP contribution in [0.5, 0.6) is 0 Å². The van der Waals surface area contributed by atoms with Gasteiger partial charge in [0, 0.05) is 18.0 Å². The maximum atomic E-state index is 6.23. The Morgan fingerprint density at radius 1 is 1.28 bits per heavy atom. The first-order chi connectivity index (χ1) is 8.49. The van der Waals surface area contributed by atoms with Crippen molar-refractivity contribution < 1.29 is 0 Å². The molecular weight excluding hydrogens is 268 g/mol. The molecule has 0 aliphatic carbocycles. The first-order valence-corrected chi connectivity index (χ1v) is 7.00. The zero-order valence-corrected chi connectivity index (χ0v) is 12.6. The number of halogens is 1. The molecule has 0 unspecified atom stereocenters. The van der Waals surface area contributed by atoms with Crippen molar-refractivity contribution in [3.8, 4) is 0 Å².